The van der Waals surface area contributed by atoms with Gasteiger partial charge in [0.15, 0.2) is 0 Å². The minimum atomic E-state index is 0.623. The number of nitrogen functional groups attached to an aromatic ring is 1. The molecule has 0 saturated heterocycles. The number of nitrogens with zero attached hydrogens (tertiary/aromatic N) is 1. The number of nitrogens with two attached hydrogens (primary N) is 1. The average Bonchev–Trinajstić information content (AvgIpc) is 2.84. The number of hydrogen-bond acceptors (Lipinski definition) is 4. The smallest absolute Gasteiger partial charge is 0.139 e. The van der Waals surface area contributed by atoms with E-state index in [1.54, 1.807) is 0 Å². The Morgan fingerprint density at radius 2 is 2.27 bits per heavy atom. The highest BCUT2D eigenvalue weighted by Crippen LogP contribution is 2.28. The van der Waals surface area contributed by atoms with Gasteiger partial charge in [0, 0.05) is 12.6 Å². The van der Waals surface area contributed by atoms with Crippen molar-refractivity contribution in [2.24, 2.45) is 5.92 Å². The van der Waals surface area contributed by atoms with E-state index in [2.05, 4.69) is 9.69 Å². The molecular formula is C11H19N3S. The van der Waals surface area contributed by atoms with Crippen LogP contribution in [0.3, 0.4) is 0 Å². The number of hydrogen-bond donors (Lipinski definition) is 2. The Bertz CT molecular complexity index is 292. The van der Waals surface area contributed by atoms with Gasteiger partial charge in [-0.3, -0.25) is 0 Å². The third kappa shape index (κ3) is 3.38. The first-order valence-corrected chi connectivity index (χ1v) is 6.58. The molecule has 0 bridgehead atoms. The van der Waals surface area contributed by atoms with Gasteiger partial charge in [-0.05, 0) is 30.3 Å². The van der Waals surface area contributed by atoms with E-state index in [0.29, 0.717) is 5.82 Å². The highest BCUT2D eigenvalue weighted by molar-refractivity contribution is 7.10. The Kier molecular flexibility index (Phi) is 3.83. The molecule has 1 saturated carbocycles. The lowest BCUT2D eigenvalue weighted by molar-refractivity contribution is 0.491. The summed E-state index contributed by atoms with van der Waals surface area (Å²) in [5.74, 6) is 1.62. The molecule has 1 aromatic rings. The lowest BCUT2D eigenvalue weighted by Gasteiger charge is -2.08. The molecule has 3 N–H and O–H groups in total. The first-order valence-electron chi connectivity index (χ1n) is 5.80. The van der Waals surface area contributed by atoms with Gasteiger partial charge < -0.3 is 11.1 Å². The van der Waals surface area contributed by atoms with Crippen LogP contribution in [0.4, 0.5) is 10.8 Å². The fraction of sp³-hybridized carbons (Fsp3) is 0.727. The van der Waals surface area contributed by atoms with Crippen LogP contribution in [-0.2, 0) is 0 Å². The number of aromatic nitrogens is 1. The number of rotatable bonds is 5. The predicted molar refractivity (Wildman–Crippen MR) is 66.2 cm³/mol. The van der Waals surface area contributed by atoms with Gasteiger partial charge in [-0.15, -0.1) is 0 Å². The lowest BCUT2D eigenvalue weighted by Crippen LogP contribution is -2.02. The van der Waals surface area contributed by atoms with Crippen LogP contribution in [0, 0.1) is 5.92 Å². The Hall–Kier alpha value is -0.770. The van der Waals surface area contributed by atoms with Crippen LogP contribution in [0.2, 0.25) is 0 Å². The highest BCUT2D eigenvalue weighted by atomic mass is 32.1. The lowest BCUT2D eigenvalue weighted by atomic mass is 10.0. The van der Waals surface area contributed by atoms with Crippen LogP contribution in [0.1, 0.15) is 38.5 Å². The maximum atomic E-state index is 5.54. The molecule has 0 radical (unpaired) electrons. The average molecular weight is 225 g/mol. The van der Waals surface area contributed by atoms with Crippen molar-refractivity contribution in [3.8, 4) is 0 Å². The zero-order valence-electron chi connectivity index (χ0n) is 9.04. The Morgan fingerprint density at radius 1 is 1.47 bits per heavy atom. The van der Waals surface area contributed by atoms with Crippen LogP contribution < -0.4 is 11.1 Å². The van der Waals surface area contributed by atoms with Crippen molar-refractivity contribution in [2.75, 3.05) is 17.6 Å². The maximum Gasteiger partial charge on any atom is 0.139 e. The maximum absolute atomic E-state index is 5.54. The molecule has 1 aliphatic rings. The van der Waals surface area contributed by atoms with Crippen molar-refractivity contribution >= 4 is 22.4 Å². The summed E-state index contributed by atoms with van der Waals surface area (Å²) in [5.41, 5.74) is 5.54. The molecule has 3 nitrogen and oxygen atoms in total. The monoisotopic (exact) mass is 225 g/mol. The zero-order valence-corrected chi connectivity index (χ0v) is 9.85. The molecule has 0 spiro atoms. The third-order valence-corrected chi connectivity index (χ3v) is 3.85. The molecule has 0 aliphatic heterocycles. The molecule has 0 unspecified atom stereocenters. The summed E-state index contributed by atoms with van der Waals surface area (Å²) in [6.45, 7) is 1.05. The molecule has 1 heterocycles. The molecule has 84 valence electrons. The van der Waals surface area contributed by atoms with Crippen molar-refractivity contribution in [1.29, 1.82) is 0 Å². The van der Waals surface area contributed by atoms with E-state index in [1.165, 1.54) is 50.1 Å². The molecule has 4 heteroatoms. The zero-order chi connectivity index (χ0) is 10.5. The van der Waals surface area contributed by atoms with Gasteiger partial charge in [-0.25, -0.2) is 0 Å². The van der Waals surface area contributed by atoms with Gasteiger partial charge in [0.2, 0.25) is 0 Å². The molecule has 0 aromatic carbocycles. The van der Waals surface area contributed by atoms with E-state index in [1.807, 2.05) is 6.07 Å². The van der Waals surface area contributed by atoms with E-state index < -0.39 is 0 Å². The van der Waals surface area contributed by atoms with E-state index in [0.717, 1.165) is 17.5 Å². The summed E-state index contributed by atoms with van der Waals surface area (Å²) < 4.78 is 4.03. The first-order chi connectivity index (χ1) is 7.34. The van der Waals surface area contributed by atoms with E-state index in [9.17, 15) is 0 Å². The summed E-state index contributed by atoms with van der Waals surface area (Å²) in [7, 11) is 0. The van der Waals surface area contributed by atoms with Gasteiger partial charge in [0.05, 0.1) is 0 Å². The highest BCUT2D eigenvalue weighted by Gasteiger charge is 2.13. The van der Waals surface area contributed by atoms with Crippen LogP contribution in [0.15, 0.2) is 6.07 Å². The third-order valence-electron chi connectivity index (χ3n) is 3.09. The second kappa shape index (κ2) is 5.35. The topological polar surface area (TPSA) is 50.9 Å². The Labute approximate surface area is 95.2 Å². The number of anilines is 2. The summed E-state index contributed by atoms with van der Waals surface area (Å²) in [4.78, 5) is 0. The van der Waals surface area contributed by atoms with E-state index in [4.69, 9.17) is 5.73 Å². The standard InChI is InChI=1S/C11H19N3S/c12-10-8-11(15-14-10)13-7-3-6-9-4-1-2-5-9/h8-9,13H,1-7H2,(H2,12,14). The molecule has 2 rings (SSSR count). The second-order valence-electron chi connectivity index (χ2n) is 4.34. The second-order valence-corrected chi connectivity index (χ2v) is 5.14. The molecule has 1 aromatic heterocycles. The van der Waals surface area contributed by atoms with Gasteiger partial charge in [0.25, 0.3) is 0 Å². The van der Waals surface area contributed by atoms with Crippen molar-refractivity contribution in [1.82, 2.24) is 4.37 Å². The summed E-state index contributed by atoms with van der Waals surface area (Å²) in [6, 6.07) is 1.90. The summed E-state index contributed by atoms with van der Waals surface area (Å²) in [6.07, 6.45) is 8.44. The molecule has 1 aliphatic carbocycles. The van der Waals surface area contributed by atoms with Gasteiger partial charge >= 0.3 is 0 Å². The van der Waals surface area contributed by atoms with E-state index >= 15 is 0 Å². The first kappa shape index (κ1) is 10.7. The summed E-state index contributed by atoms with van der Waals surface area (Å²) in [5, 5.41) is 4.46. The van der Waals surface area contributed by atoms with Crippen molar-refractivity contribution in [3.05, 3.63) is 6.07 Å². The normalized spacial score (nSPS) is 17.1. The van der Waals surface area contributed by atoms with Crippen LogP contribution >= 0.6 is 11.5 Å². The molecular weight excluding hydrogens is 206 g/mol. The number of nitrogens with one attached hydrogen (secondary N) is 1. The van der Waals surface area contributed by atoms with Gasteiger partial charge in [-0.1, -0.05) is 25.7 Å². The SMILES string of the molecule is Nc1cc(NCCCC2CCCC2)sn1. The fourth-order valence-corrected chi connectivity index (χ4v) is 2.87. The molecule has 15 heavy (non-hydrogen) atoms. The van der Waals surface area contributed by atoms with Crippen molar-refractivity contribution < 1.29 is 0 Å². The van der Waals surface area contributed by atoms with Crippen molar-refractivity contribution in [2.45, 2.75) is 38.5 Å². The predicted octanol–water partition coefficient (Wildman–Crippen LogP) is 3.11. The Morgan fingerprint density at radius 3 is 2.93 bits per heavy atom. The molecule has 0 atom stereocenters. The van der Waals surface area contributed by atoms with E-state index in [-0.39, 0.29) is 0 Å². The largest absolute Gasteiger partial charge is 0.383 e. The summed E-state index contributed by atoms with van der Waals surface area (Å²) >= 11 is 1.45. The minimum Gasteiger partial charge on any atom is -0.383 e. The fourth-order valence-electron chi connectivity index (χ4n) is 2.27. The van der Waals surface area contributed by atoms with Crippen LogP contribution in [0.25, 0.3) is 0 Å². The van der Waals surface area contributed by atoms with Gasteiger partial charge in [-0.2, -0.15) is 4.37 Å². The van der Waals surface area contributed by atoms with Gasteiger partial charge in [0.1, 0.15) is 10.8 Å². The molecule has 1 fully saturated rings. The van der Waals surface area contributed by atoms with Crippen molar-refractivity contribution in [3.63, 3.8) is 0 Å². The minimum absolute atomic E-state index is 0.623. The van der Waals surface area contributed by atoms with Crippen LogP contribution in [0.5, 0.6) is 0 Å². The molecule has 0 amide bonds. The quantitative estimate of drug-likeness (QED) is 0.757. The Balaban J connectivity index is 1.58. The van der Waals surface area contributed by atoms with Crippen LogP contribution in [-0.4, -0.2) is 10.9 Å².